The van der Waals surface area contributed by atoms with E-state index in [0.717, 1.165) is 6.20 Å². The number of hydrogen-bond acceptors (Lipinski definition) is 9. The van der Waals surface area contributed by atoms with E-state index in [-0.39, 0.29) is 16.1 Å². The second-order valence-electron chi connectivity index (χ2n) is 11.6. The molecule has 0 saturated carbocycles. The van der Waals surface area contributed by atoms with Crippen LogP contribution in [0.2, 0.25) is 10.0 Å². The van der Waals surface area contributed by atoms with E-state index in [2.05, 4.69) is 5.32 Å². The van der Waals surface area contributed by atoms with Gasteiger partial charge in [-0.2, -0.15) is 0 Å². The molecule has 0 fully saturated rings. The van der Waals surface area contributed by atoms with Gasteiger partial charge in [-0.05, 0) is 100 Å². The van der Waals surface area contributed by atoms with Gasteiger partial charge in [0.15, 0.2) is 5.66 Å². The molecule has 1 amide bonds. The van der Waals surface area contributed by atoms with E-state index < -0.39 is 61.3 Å². The number of fused-ring (bicyclic) bond motifs is 1. The van der Waals surface area contributed by atoms with Crippen molar-refractivity contribution in [1.82, 2.24) is 5.32 Å². The zero-order valence-corrected chi connectivity index (χ0v) is 28.2. The van der Waals surface area contributed by atoms with Crippen LogP contribution in [-0.2, 0) is 37.5 Å². The molecule has 3 rings (SSSR count). The minimum absolute atomic E-state index is 0.0842. The first-order valence-electron chi connectivity index (χ1n) is 13.2. The molecule has 0 bridgehead atoms. The van der Waals surface area contributed by atoms with E-state index in [1.165, 1.54) is 35.6 Å². The van der Waals surface area contributed by atoms with Gasteiger partial charge in [0.25, 0.3) is 0 Å². The van der Waals surface area contributed by atoms with Gasteiger partial charge in [-0.15, -0.1) is 11.3 Å². The first kappa shape index (κ1) is 35.7. The molecule has 0 aliphatic carbocycles. The van der Waals surface area contributed by atoms with Crippen LogP contribution in [0.3, 0.4) is 0 Å². The third-order valence-corrected chi connectivity index (χ3v) is 9.47. The van der Waals surface area contributed by atoms with Crippen molar-refractivity contribution in [2.75, 3.05) is 13.6 Å². The third kappa shape index (κ3) is 9.36. The molecule has 1 unspecified atom stereocenters. The molecular formula is C30H33Cl2FNO8PS. The largest absolute Gasteiger partial charge is 0.438 e. The lowest BCUT2D eigenvalue weighted by Crippen LogP contribution is -2.29. The van der Waals surface area contributed by atoms with Crippen LogP contribution in [0, 0.1) is 16.6 Å². The monoisotopic (exact) mass is 687 g/mol. The van der Waals surface area contributed by atoms with Crippen molar-refractivity contribution in [3.05, 3.63) is 75.0 Å². The summed E-state index contributed by atoms with van der Waals surface area (Å²) in [4.78, 5) is 38.6. The molecule has 0 spiro atoms. The molecule has 1 N–H and O–H groups in total. The molecule has 1 atom stereocenters. The van der Waals surface area contributed by atoms with Crippen molar-refractivity contribution >= 4 is 76.1 Å². The van der Waals surface area contributed by atoms with E-state index in [4.69, 9.17) is 41.7 Å². The number of thiophene rings is 1. The summed E-state index contributed by atoms with van der Waals surface area (Å²) in [6.07, 6.45) is 2.41. The summed E-state index contributed by atoms with van der Waals surface area (Å²) in [5, 5.41) is 5.19. The second-order valence-corrected chi connectivity index (χ2v) is 15.5. The normalized spacial score (nSPS) is 13.2. The Balaban J connectivity index is 2.04. The second kappa shape index (κ2) is 14.5. The average Bonchev–Trinajstić information content (AvgIpc) is 3.31. The quantitative estimate of drug-likeness (QED) is 0.121. The van der Waals surface area contributed by atoms with Gasteiger partial charge < -0.3 is 14.8 Å². The molecule has 44 heavy (non-hydrogen) atoms. The Kier molecular flexibility index (Phi) is 11.8. The number of carbonyl (C=O) groups excluding carboxylic acids is 3. The number of rotatable bonds is 11. The summed E-state index contributed by atoms with van der Waals surface area (Å²) in [6, 6.07) is 8.87. The molecule has 2 aromatic carbocycles. The standard InChI is InChI=1S/C30H33Cl2FNO8PS/c1-29(2,3)27(36)39-16-41-43(38,42-17-40-28(37)30(4,5)6)25(22-15-44-24-10-8-20(32)14-21(22)24)26(35)34-12-11-18-13-19(31)7-9-23(18)33/h7-15,25H,16-17H2,1-6H3,(H,34,35)/b12-11+. The topological polar surface area (TPSA) is 117 Å². The lowest BCUT2D eigenvalue weighted by Gasteiger charge is -2.27. The summed E-state index contributed by atoms with van der Waals surface area (Å²) in [5.41, 5.74) is -3.19. The summed E-state index contributed by atoms with van der Waals surface area (Å²) in [7, 11) is -4.67. The molecule has 1 aromatic heterocycles. The van der Waals surface area contributed by atoms with Crippen molar-refractivity contribution in [3.63, 3.8) is 0 Å². The van der Waals surface area contributed by atoms with Crippen molar-refractivity contribution in [2.45, 2.75) is 47.2 Å². The smallest absolute Gasteiger partial charge is 0.353 e. The van der Waals surface area contributed by atoms with Gasteiger partial charge in [-0.1, -0.05) is 23.2 Å². The highest BCUT2D eigenvalue weighted by atomic mass is 35.5. The van der Waals surface area contributed by atoms with E-state index in [9.17, 15) is 23.3 Å². The van der Waals surface area contributed by atoms with Gasteiger partial charge >= 0.3 is 19.5 Å². The van der Waals surface area contributed by atoms with Gasteiger partial charge in [0.2, 0.25) is 19.5 Å². The molecule has 0 radical (unpaired) electrons. The van der Waals surface area contributed by atoms with Crippen molar-refractivity contribution < 1.29 is 41.9 Å². The third-order valence-electron chi connectivity index (χ3n) is 5.94. The summed E-state index contributed by atoms with van der Waals surface area (Å²) >= 11 is 13.5. The van der Waals surface area contributed by atoms with Crippen LogP contribution in [0.5, 0.6) is 0 Å². The summed E-state index contributed by atoms with van der Waals surface area (Å²) < 4.78 is 51.0. The highest BCUT2D eigenvalue weighted by Gasteiger charge is 2.45. The number of amides is 1. The predicted octanol–water partition coefficient (Wildman–Crippen LogP) is 8.50. The minimum Gasteiger partial charge on any atom is -0.438 e. The zero-order chi connectivity index (χ0) is 32.9. The molecule has 1 heterocycles. The molecular weight excluding hydrogens is 655 g/mol. The maximum absolute atomic E-state index is 14.6. The number of carbonyl (C=O) groups is 3. The first-order chi connectivity index (χ1) is 20.4. The Labute approximate surface area is 269 Å². The number of benzene rings is 2. The maximum atomic E-state index is 14.6. The molecule has 0 saturated heterocycles. The number of ether oxygens (including phenoxy) is 2. The van der Waals surface area contributed by atoms with E-state index in [1.54, 1.807) is 65.1 Å². The summed E-state index contributed by atoms with van der Waals surface area (Å²) in [5.74, 6) is -2.79. The Hall–Kier alpha value is -2.79. The molecule has 9 nitrogen and oxygen atoms in total. The van der Waals surface area contributed by atoms with Crippen LogP contribution >= 0.6 is 42.1 Å². The number of nitrogens with one attached hydrogen (secondary N) is 1. The van der Waals surface area contributed by atoms with E-state index >= 15 is 0 Å². The Morgan fingerprint density at radius 3 is 2.05 bits per heavy atom. The van der Waals surface area contributed by atoms with Crippen LogP contribution in [0.25, 0.3) is 16.2 Å². The van der Waals surface area contributed by atoms with E-state index in [0.29, 0.717) is 15.1 Å². The SMILES string of the molecule is CC(C)(C)C(=O)OCOP(=O)(OCOC(=O)C(C)(C)C)C(C(=O)N/C=C/c1cc(Cl)ccc1F)c1csc2ccc(Cl)cc12. The molecule has 0 aliphatic heterocycles. The van der Waals surface area contributed by atoms with Crippen molar-refractivity contribution in [3.8, 4) is 0 Å². The van der Waals surface area contributed by atoms with Crippen LogP contribution in [-0.4, -0.2) is 31.4 Å². The molecule has 3 aromatic rings. The number of hydrogen-bond donors (Lipinski definition) is 1. The minimum atomic E-state index is -4.67. The Morgan fingerprint density at radius 2 is 1.48 bits per heavy atom. The van der Waals surface area contributed by atoms with Gasteiger partial charge in [-0.25, -0.2) is 4.39 Å². The number of halogens is 3. The van der Waals surface area contributed by atoms with Crippen molar-refractivity contribution in [2.24, 2.45) is 10.8 Å². The van der Waals surface area contributed by atoms with Crippen LogP contribution in [0.1, 0.15) is 58.3 Å². The van der Waals surface area contributed by atoms with Crippen LogP contribution in [0.15, 0.2) is 48.0 Å². The van der Waals surface area contributed by atoms with Crippen LogP contribution < -0.4 is 5.32 Å². The Bertz CT molecular complexity index is 1580. The molecule has 0 aliphatic rings. The van der Waals surface area contributed by atoms with Gasteiger partial charge in [0, 0.05) is 26.5 Å². The fourth-order valence-electron chi connectivity index (χ4n) is 3.55. The average molecular weight is 689 g/mol. The number of esters is 2. The maximum Gasteiger partial charge on any atom is 0.353 e. The van der Waals surface area contributed by atoms with Gasteiger partial charge in [0.05, 0.1) is 10.8 Å². The highest BCUT2D eigenvalue weighted by Crippen LogP contribution is 2.62. The Morgan fingerprint density at radius 1 is 0.932 bits per heavy atom. The lowest BCUT2D eigenvalue weighted by atomic mass is 9.98. The van der Waals surface area contributed by atoms with E-state index in [1.807, 2.05) is 0 Å². The van der Waals surface area contributed by atoms with Gasteiger partial charge in [-0.3, -0.25) is 28.0 Å². The lowest BCUT2D eigenvalue weighted by molar-refractivity contribution is -0.162. The molecule has 238 valence electrons. The van der Waals surface area contributed by atoms with Crippen LogP contribution in [0.4, 0.5) is 4.39 Å². The fraction of sp³-hybridized carbons (Fsp3) is 0.367. The molecule has 14 heteroatoms. The first-order valence-corrected chi connectivity index (χ1v) is 16.5. The summed E-state index contributed by atoms with van der Waals surface area (Å²) in [6.45, 7) is 8.02. The highest BCUT2D eigenvalue weighted by molar-refractivity contribution is 7.55. The fourth-order valence-corrected chi connectivity index (χ4v) is 6.66. The van der Waals surface area contributed by atoms with Crippen molar-refractivity contribution in [1.29, 1.82) is 0 Å². The zero-order valence-electron chi connectivity index (χ0n) is 24.9. The predicted molar refractivity (Wildman–Crippen MR) is 169 cm³/mol. The van der Waals surface area contributed by atoms with Gasteiger partial charge in [0.1, 0.15) is 5.82 Å².